The predicted molar refractivity (Wildman–Crippen MR) is 81.4 cm³/mol. The third-order valence-corrected chi connectivity index (χ3v) is 4.31. The zero-order chi connectivity index (χ0) is 14.5. The number of ether oxygens (including phenoxy) is 1. The molecule has 4 heteroatoms. The van der Waals surface area contributed by atoms with Crippen molar-refractivity contribution in [2.24, 2.45) is 0 Å². The van der Waals surface area contributed by atoms with Crippen LogP contribution in [-0.4, -0.2) is 29.8 Å². The van der Waals surface area contributed by atoms with Crippen molar-refractivity contribution in [1.82, 2.24) is 0 Å². The van der Waals surface area contributed by atoms with Crippen LogP contribution in [0.5, 0.6) is 0 Å². The van der Waals surface area contributed by atoms with E-state index in [0.29, 0.717) is 19.4 Å². The van der Waals surface area contributed by atoms with Gasteiger partial charge in [-0.25, -0.2) is 4.39 Å². The summed E-state index contributed by atoms with van der Waals surface area (Å²) in [5.74, 6) is 0.753. The van der Waals surface area contributed by atoms with Gasteiger partial charge in [0, 0.05) is 0 Å². The minimum absolute atomic E-state index is 0.0637. The number of hydrogen-bond donors (Lipinski definition) is 0. The van der Waals surface area contributed by atoms with Crippen molar-refractivity contribution in [3.63, 3.8) is 0 Å². The van der Waals surface area contributed by atoms with Gasteiger partial charge in [-0.15, -0.1) is 11.8 Å². The summed E-state index contributed by atoms with van der Waals surface area (Å²) in [6, 6.07) is 0. The van der Waals surface area contributed by atoms with Crippen LogP contribution in [0.3, 0.4) is 0 Å². The van der Waals surface area contributed by atoms with Crippen molar-refractivity contribution >= 4 is 17.7 Å². The molecule has 0 aliphatic heterocycles. The summed E-state index contributed by atoms with van der Waals surface area (Å²) in [5.41, 5.74) is 0. The first-order valence-corrected chi connectivity index (χ1v) is 8.62. The van der Waals surface area contributed by atoms with Gasteiger partial charge in [0.25, 0.3) is 0 Å². The minimum atomic E-state index is -0.693. The molecule has 0 heterocycles. The molecule has 0 spiro atoms. The molecule has 0 saturated carbocycles. The van der Waals surface area contributed by atoms with E-state index in [2.05, 4.69) is 6.92 Å². The molecule has 0 aliphatic rings. The van der Waals surface area contributed by atoms with Crippen LogP contribution in [0.1, 0.15) is 65.7 Å². The van der Waals surface area contributed by atoms with E-state index in [1.54, 1.807) is 11.8 Å². The van der Waals surface area contributed by atoms with Crippen molar-refractivity contribution < 1.29 is 13.9 Å². The van der Waals surface area contributed by atoms with E-state index in [9.17, 15) is 9.18 Å². The first kappa shape index (κ1) is 18.8. The highest BCUT2D eigenvalue weighted by Gasteiger charge is 2.19. The molecule has 0 aromatic heterocycles. The Balaban J connectivity index is 3.94. The Bertz CT molecular complexity index is 224. The normalized spacial score (nSPS) is 14.1. The molecule has 2 nitrogen and oxygen atoms in total. The average Bonchev–Trinajstić information content (AvgIpc) is 2.43. The summed E-state index contributed by atoms with van der Waals surface area (Å²) >= 11 is 1.63. The number of esters is 1. The lowest BCUT2D eigenvalue weighted by Crippen LogP contribution is -2.21. The molecule has 0 saturated heterocycles. The van der Waals surface area contributed by atoms with Crippen LogP contribution in [0, 0.1) is 0 Å². The van der Waals surface area contributed by atoms with Crippen molar-refractivity contribution in [3.05, 3.63) is 0 Å². The number of rotatable bonds is 12. The third-order valence-electron chi connectivity index (χ3n) is 2.95. The zero-order valence-corrected chi connectivity index (χ0v) is 13.4. The summed E-state index contributed by atoms with van der Waals surface area (Å²) in [7, 11) is 0. The fourth-order valence-electron chi connectivity index (χ4n) is 1.69. The van der Waals surface area contributed by atoms with Gasteiger partial charge in [-0.1, -0.05) is 33.6 Å². The Labute approximate surface area is 121 Å². The Hall–Kier alpha value is -0.250. The van der Waals surface area contributed by atoms with E-state index < -0.39 is 6.17 Å². The van der Waals surface area contributed by atoms with Gasteiger partial charge in [0.2, 0.25) is 0 Å². The molecule has 2 unspecified atom stereocenters. The molecule has 0 fully saturated rings. The fraction of sp³-hybridized carbons (Fsp3) is 0.933. The van der Waals surface area contributed by atoms with E-state index in [-0.39, 0.29) is 11.2 Å². The number of hydrogen-bond acceptors (Lipinski definition) is 3. The van der Waals surface area contributed by atoms with Gasteiger partial charge in [0.05, 0.1) is 12.8 Å². The first-order valence-electron chi connectivity index (χ1n) is 7.57. The lowest BCUT2D eigenvalue weighted by atomic mass is 10.2. The lowest BCUT2D eigenvalue weighted by Gasteiger charge is -2.15. The SMILES string of the molecule is CCCCC(SCCCC(F)CC)C(=O)OCCC. The van der Waals surface area contributed by atoms with E-state index in [1.165, 1.54) is 0 Å². The predicted octanol–water partition coefficient (Wildman–Crippen LogP) is 4.76. The second-order valence-electron chi connectivity index (χ2n) is 4.82. The molecule has 0 radical (unpaired) electrons. The molecular weight excluding hydrogens is 263 g/mol. The Morgan fingerprint density at radius 3 is 2.47 bits per heavy atom. The molecule has 0 bridgehead atoms. The highest BCUT2D eigenvalue weighted by atomic mass is 32.2. The van der Waals surface area contributed by atoms with Crippen LogP contribution in [0.15, 0.2) is 0 Å². The molecule has 0 amide bonds. The molecular formula is C15H29FO2S. The fourth-order valence-corrected chi connectivity index (χ4v) is 2.84. The van der Waals surface area contributed by atoms with Gasteiger partial charge in [0.15, 0.2) is 0 Å². The van der Waals surface area contributed by atoms with Crippen LogP contribution >= 0.6 is 11.8 Å². The molecule has 114 valence electrons. The highest BCUT2D eigenvalue weighted by molar-refractivity contribution is 8.00. The molecule has 19 heavy (non-hydrogen) atoms. The van der Waals surface area contributed by atoms with Crippen LogP contribution in [0.2, 0.25) is 0 Å². The topological polar surface area (TPSA) is 26.3 Å². The van der Waals surface area contributed by atoms with Gasteiger partial charge >= 0.3 is 5.97 Å². The molecule has 0 aromatic rings. The largest absolute Gasteiger partial charge is 0.465 e. The van der Waals surface area contributed by atoms with E-state index in [1.807, 2.05) is 13.8 Å². The maximum absolute atomic E-state index is 13.1. The lowest BCUT2D eigenvalue weighted by molar-refractivity contribution is -0.143. The third kappa shape index (κ3) is 10.2. The smallest absolute Gasteiger partial charge is 0.319 e. The Kier molecular flexibility index (Phi) is 12.6. The van der Waals surface area contributed by atoms with Crippen molar-refractivity contribution in [2.45, 2.75) is 77.1 Å². The Morgan fingerprint density at radius 1 is 1.16 bits per heavy atom. The van der Waals surface area contributed by atoms with Gasteiger partial charge in [-0.2, -0.15) is 0 Å². The molecule has 0 N–H and O–H groups in total. The Morgan fingerprint density at radius 2 is 1.89 bits per heavy atom. The van der Waals surface area contributed by atoms with E-state index in [0.717, 1.165) is 37.9 Å². The van der Waals surface area contributed by atoms with E-state index >= 15 is 0 Å². The number of unbranched alkanes of at least 4 members (excludes halogenated alkanes) is 1. The van der Waals surface area contributed by atoms with Crippen molar-refractivity contribution in [1.29, 1.82) is 0 Å². The van der Waals surface area contributed by atoms with Crippen molar-refractivity contribution in [3.8, 4) is 0 Å². The summed E-state index contributed by atoms with van der Waals surface area (Å²) < 4.78 is 18.3. The maximum atomic E-state index is 13.1. The maximum Gasteiger partial charge on any atom is 0.319 e. The number of carbonyl (C=O) groups is 1. The molecule has 0 aliphatic carbocycles. The van der Waals surface area contributed by atoms with E-state index in [4.69, 9.17) is 4.74 Å². The highest BCUT2D eigenvalue weighted by Crippen LogP contribution is 2.21. The summed E-state index contributed by atoms with van der Waals surface area (Å²) in [4.78, 5) is 11.9. The quantitative estimate of drug-likeness (QED) is 0.383. The number of halogens is 1. The zero-order valence-electron chi connectivity index (χ0n) is 12.6. The first-order chi connectivity index (χ1) is 9.15. The standard InChI is InChI=1S/C15H29FO2S/c1-4-7-10-14(15(17)18-11-5-2)19-12-8-9-13(16)6-3/h13-14H,4-12H2,1-3H3. The van der Waals surface area contributed by atoms with Gasteiger partial charge in [0.1, 0.15) is 5.25 Å². The second-order valence-corrected chi connectivity index (χ2v) is 6.13. The molecule has 2 atom stereocenters. The van der Waals surface area contributed by atoms with Crippen LogP contribution in [-0.2, 0) is 9.53 Å². The number of alkyl halides is 1. The molecule has 0 rings (SSSR count). The van der Waals surface area contributed by atoms with Crippen LogP contribution in [0.4, 0.5) is 4.39 Å². The average molecular weight is 292 g/mol. The van der Waals surface area contributed by atoms with Gasteiger partial charge in [-0.3, -0.25) is 4.79 Å². The number of thioether (sulfide) groups is 1. The molecule has 0 aromatic carbocycles. The van der Waals surface area contributed by atoms with Crippen molar-refractivity contribution in [2.75, 3.05) is 12.4 Å². The minimum Gasteiger partial charge on any atom is -0.465 e. The summed E-state index contributed by atoms with van der Waals surface area (Å²) in [6.45, 7) is 6.48. The van der Waals surface area contributed by atoms with Crippen LogP contribution < -0.4 is 0 Å². The number of carbonyl (C=O) groups excluding carboxylic acids is 1. The van der Waals surface area contributed by atoms with Gasteiger partial charge in [-0.05, 0) is 37.9 Å². The monoisotopic (exact) mass is 292 g/mol. The summed E-state index contributed by atoms with van der Waals surface area (Å²) in [6.07, 6.45) is 5.19. The summed E-state index contributed by atoms with van der Waals surface area (Å²) in [5, 5.41) is -0.0637. The van der Waals surface area contributed by atoms with Gasteiger partial charge < -0.3 is 4.74 Å². The second kappa shape index (κ2) is 12.8. The van der Waals surface area contributed by atoms with Crippen LogP contribution in [0.25, 0.3) is 0 Å².